The van der Waals surface area contributed by atoms with Crippen LogP contribution in [0.5, 0.6) is 5.75 Å². The van der Waals surface area contributed by atoms with Crippen molar-refractivity contribution in [3.8, 4) is 5.75 Å². The molecule has 7 nitrogen and oxygen atoms in total. The summed E-state index contributed by atoms with van der Waals surface area (Å²) in [5.74, 6) is -0.704. The largest absolute Gasteiger partial charge is 0.481 e. The number of nitrogens with one attached hydrogen (secondary N) is 2. The number of carbonyl (C=O) groups excluding carboxylic acids is 2. The second-order valence-electron chi connectivity index (χ2n) is 6.53. The van der Waals surface area contributed by atoms with E-state index in [2.05, 4.69) is 10.5 Å². The Morgan fingerprint density at radius 1 is 1.16 bits per heavy atom. The number of hydrazine groups is 1. The maximum absolute atomic E-state index is 12.9. The molecule has 0 aliphatic heterocycles. The second-order valence-corrected chi connectivity index (χ2v) is 7.37. The fourth-order valence-electron chi connectivity index (χ4n) is 2.67. The fourth-order valence-corrected chi connectivity index (χ4v) is 3.17. The summed E-state index contributed by atoms with van der Waals surface area (Å²) < 4.78 is 19.8. The van der Waals surface area contributed by atoms with Crippen molar-refractivity contribution in [3.05, 3.63) is 87.4 Å². The topological polar surface area (TPSA) is 100 Å². The van der Waals surface area contributed by atoms with Crippen LogP contribution >= 0.6 is 23.2 Å². The van der Waals surface area contributed by atoms with Gasteiger partial charge in [0.15, 0.2) is 12.4 Å². The van der Waals surface area contributed by atoms with Gasteiger partial charge in [0, 0.05) is 29.4 Å². The third kappa shape index (κ3) is 5.62. The Morgan fingerprint density at radius 3 is 2.55 bits per heavy atom. The quantitative estimate of drug-likeness (QED) is 0.215. The lowest BCUT2D eigenvalue weighted by Gasteiger charge is -2.03. The van der Waals surface area contributed by atoms with E-state index in [4.69, 9.17) is 33.7 Å². The van der Waals surface area contributed by atoms with Crippen molar-refractivity contribution in [2.75, 3.05) is 6.61 Å². The van der Waals surface area contributed by atoms with Gasteiger partial charge in [0.1, 0.15) is 17.3 Å². The van der Waals surface area contributed by atoms with Crippen molar-refractivity contribution < 1.29 is 23.8 Å². The number of aromatic nitrogens is 1. The molecular weight excluding hydrogens is 446 g/mol. The first-order valence-corrected chi connectivity index (χ1v) is 9.72. The smallest absolute Gasteiger partial charge is 0.302 e. The van der Waals surface area contributed by atoms with Crippen LogP contribution in [0.15, 0.2) is 54.7 Å². The van der Waals surface area contributed by atoms with Crippen LogP contribution < -0.4 is 21.0 Å². The molecule has 0 saturated heterocycles. The van der Waals surface area contributed by atoms with E-state index in [-0.39, 0.29) is 45.9 Å². The van der Waals surface area contributed by atoms with Crippen LogP contribution in [0.3, 0.4) is 0 Å². The maximum atomic E-state index is 12.9. The molecule has 0 atom stereocenters. The van der Waals surface area contributed by atoms with Gasteiger partial charge in [0.25, 0.3) is 0 Å². The average molecular weight is 464 g/mol. The third-order valence-electron chi connectivity index (χ3n) is 4.22. The molecule has 0 aliphatic rings. The number of halogens is 3. The monoisotopic (exact) mass is 463 g/mol. The molecular formula is C21H18Cl2FN4O3+. The lowest BCUT2D eigenvalue weighted by Crippen LogP contribution is -2.87. The van der Waals surface area contributed by atoms with Crippen molar-refractivity contribution >= 4 is 40.7 Å². The van der Waals surface area contributed by atoms with Gasteiger partial charge in [0.2, 0.25) is 0 Å². The molecule has 2 aromatic carbocycles. The van der Waals surface area contributed by atoms with E-state index in [0.717, 1.165) is 0 Å². The number of rotatable bonds is 7. The second kappa shape index (κ2) is 9.63. The zero-order valence-corrected chi connectivity index (χ0v) is 17.8. The Balaban J connectivity index is 1.65. The van der Waals surface area contributed by atoms with E-state index in [1.54, 1.807) is 13.1 Å². The highest BCUT2D eigenvalue weighted by Gasteiger charge is 2.19. The molecule has 160 valence electrons. The van der Waals surface area contributed by atoms with Gasteiger partial charge in [-0.1, -0.05) is 23.2 Å². The first-order chi connectivity index (χ1) is 14.7. The summed E-state index contributed by atoms with van der Waals surface area (Å²) in [6.45, 7) is -0.0577. The number of nitrogens with two attached hydrogens (primary N) is 1. The van der Waals surface area contributed by atoms with Crippen LogP contribution in [0.4, 0.5) is 4.39 Å². The van der Waals surface area contributed by atoms with Crippen molar-refractivity contribution in [1.82, 2.24) is 9.99 Å². The predicted molar refractivity (Wildman–Crippen MR) is 115 cm³/mol. The van der Waals surface area contributed by atoms with E-state index >= 15 is 0 Å². The number of ketones is 1. The van der Waals surface area contributed by atoms with E-state index in [9.17, 15) is 14.0 Å². The van der Waals surface area contributed by atoms with Gasteiger partial charge < -0.3 is 9.30 Å². The van der Waals surface area contributed by atoms with E-state index in [1.807, 2.05) is 0 Å². The van der Waals surface area contributed by atoms with E-state index < -0.39 is 5.91 Å². The van der Waals surface area contributed by atoms with Gasteiger partial charge in [0.05, 0.1) is 5.02 Å². The minimum Gasteiger partial charge on any atom is -0.481 e. The summed E-state index contributed by atoms with van der Waals surface area (Å²) in [6, 6.07) is 11.4. The number of carbonyl (C=O) groups is 2. The van der Waals surface area contributed by atoms with Gasteiger partial charge in [-0.3, -0.25) is 15.3 Å². The fraction of sp³-hybridized carbons (Fsp3) is 0.0952. The molecule has 31 heavy (non-hydrogen) atoms. The number of amidine groups is 1. The summed E-state index contributed by atoms with van der Waals surface area (Å²) in [5, 5.41) is 3.17. The molecule has 1 aromatic heterocycles. The molecule has 0 radical (unpaired) electrons. The van der Waals surface area contributed by atoms with Crippen LogP contribution in [-0.2, 0) is 7.05 Å². The van der Waals surface area contributed by atoms with Gasteiger partial charge in [-0.25, -0.2) is 4.39 Å². The van der Waals surface area contributed by atoms with Gasteiger partial charge in [-0.15, -0.1) is 0 Å². The summed E-state index contributed by atoms with van der Waals surface area (Å²) in [6.07, 6.45) is 1.52. The molecule has 4 N–H and O–H groups in total. The molecule has 0 saturated carbocycles. The zero-order chi connectivity index (χ0) is 22.5. The number of ether oxygens (including phenoxy) is 1. The van der Waals surface area contributed by atoms with Crippen LogP contribution in [-0.4, -0.2) is 28.7 Å². The third-order valence-corrected chi connectivity index (χ3v) is 4.77. The van der Waals surface area contributed by atoms with Crippen LogP contribution in [0, 0.1) is 5.82 Å². The van der Waals surface area contributed by atoms with E-state index in [0.29, 0.717) is 10.8 Å². The van der Waals surface area contributed by atoms with Crippen LogP contribution in [0.2, 0.25) is 10.0 Å². The molecule has 0 fully saturated rings. The minimum atomic E-state index is -0.520. The lowest BCUT2D eigenvalue weighted by molar-refractivity contribution is -0.510. The Bertz CT molecular complexity index is 1160. The number of hydrogen-bond acceptors (Lipinski definition) is 3. The summed E-state index contributed by atoms with van der Waals surface area (Å²) >= 11 is 12.0. The Morgan fingerprint density at radius 2 is 1.87 bits per heavy atom. The molecule has 0 unspecified atom stereocenters. The van der Waals surface area contributed by atoms with Crippen LogP contribution in [0.1, 0.15) is 26.4 Å². The number of nitrogens with zero attached hydrogens (tertiary/aromatic N) is 1. The van der Waals surface area contributed by atoms with Crippen molar-refractivity contribution in [3.63, 3.8) is 0 Å². The number of aryl methyl sites for hydroxylation is 1. The normalized spacial score (nSPS) is 11.3. The highest BCUT2D eigenvalue weighted by atomic mass is 35.5. The number of hydrazone groups is 1. The molecule has 10 heteroatoms. The van der Waals surface area contributed by atoms with Crippen LogP contribution in [0.25, 0.3) is 0 Å². The van der Waals surface area contributed by atoms with Crippen molar-refractivity contribution in [2.24, 2.45) is 12.8 Å². The minimum absolute atomic E-state index is 0.0577. The molecule has 0 bridgehead atoms. The number of hydrogen-bond donors (Lipinski definition) is 3. The number of amides is 1. The zero-order valence-electron chi connectivity index (χ0n) is 16.3. The Kier molecular flexibility index (Phi) is 6.94. The van der Waals surface area contributed by atoms with Crippen molar-refractivity contribution in [1.29, 1.82) is 0 Å². The maximum Gasteiger partial charge on any atom is 0.302 e. The molecule has 0 spiro atoms. The number of benzene rings is 2. The summed E-state index contributed by atoms with van der Waals surface area (Å²) in [4.78, 5) is 25.2. The van der Waals surface area contributed by atoms with Gasteiger partial charge in [-0.2, -0.15) is 10.5 Å². The van der Waals surface area contributed by atoms with Gasteiger partial charge in [-0.05, 0) is 48.5 Å². The Hall–Kier alpha value is -3.36. The summed E-state index contributed by atoms with van der Waals surface area (Å²) in [7, 11) is 1.62. The van der Waals surface area contributed by atoms with Crippen molar-refractivity contribution in [2.45, 2.75) is 0 Å². The predicted octanol–water partition coefficient (Wildman–Crippen LogP) is 1.86. The molecule has 3 aromatic rings. The lowest BCUT2D eigenvalue weighted by atomic mass is 10.1. The average Bonchev–Trinajstić information content (AvgIpc) is 3.13. The Labute approximate surface area is 187 Å². The molecule has 1 heterocycles. The standard InChI is InChI=1S/C21H17Cl2FN4O3/c1-28-10-12(20(29)16-7-2-13(22)9-17(16)23)8-18(28)21(30)27-26-19(25)11-31-15-5-3-14(24)4-6-15/h2-10H,11H2,1H3,(H2,25,26)(H,27,30)/p+1. The first-order valence-electron chi connectivity index (χ1n) is 8.96. The molecule has 0 aliphatic carbocycles. The van der Waals surface area contributed by atoms with E-state index in [1.165, 1.54) is 53.2 Å². The SMILES string of the molecule is Cn1cc(C(=O)c2ccc(Cl)cc2Cl)cc1C(=O)N[NH+]=C(N)COc1ccc(F)cc1. The summed E-state index contributed by atoms with van der Waals surface area (Å²) in [5.41, 5.74) is 8.99. The highest BCUT2D eigenvalue weighted by molar-refractivity contribution is 6.37. The molecule has 1 amide bonds. The van der Waals surface area contributed by atoms with Gasteiger partial charge >= 0.3 is 11.7 Å². The molecule has 3 rings (SSSR count). The first kappa shape index (κ1) is 22.3. The highest BCUT2D eigenvalue weighted by Crippen LogP contribution is 2.24.